The number of nitrogens with one attached hydrogen (secondary N) is 1. The normalized spacial score (nSPS) is 14.4. The number of carbonyl (C=O) groups excluding carboxylic acids is 2. The number of fused-ring (bicyclic) bond motifs is 1. The lowest BCUT2D eigenvalue weighted by Crippen LogP contribution is -2.50. The Kier molecular flexibility index (Phi) is 6.00. The number of aryl methyl sites for hydroxylation is 1. The highest BCUT2D eigenvalue weighted by atomic mass is 79.9. The van der Waals surface area contributed by atoms with Gasteiger partial charge in [-0.2, -0.15) is 0 Å². The van der Waals surface area contributed by atoms with Crippen molar-refractivity contribution in [1.82, 2.24) is 14.8 Å². The number of hydrogen-bond acceptors (Lipinski definition) is 2. The van der Waals surface area contributed by atoms with Crippen LogP contribution in [0.3, 0.4) is 0 Å². The molecule has 3 aromatic rings. The topological polar surface area (TPSA) is 56.4 Å². The highest BCUT2D eigenvalue weighted by Gasteiger charge is 2.25. The lowest BCUT2D eigenvalue weighted by atomic mass is 10.1. The number of H-pyrrole nitrogens is 1. The Morgan fingerprint density at radius 2 is 1.66 bits per heavy atom. The summed E-state index contributed by atoms with van der Waals surface area (Å²) in [6, 6.07) is 18.1. The number of hydrogen-bond donors (Lipinski definition) is 1. The molecule has 1 saturated heterocycles. The SMILES string of the molecule is O=C(CCCc1ccccc1)N1CCN(C(=O)c2cc3ccc(Br)cc3[nH]2)CC1. The fourth-order valence-corrected chi connectivity index (χ4v) is 4.15. The number of carbonyl (C=O) groups is 2. The van der Waals surface area contributed by atoms with E-state index in [1.807, 2.05) is 52.3 Å². The van der Waals surface area contributed by atoms with Gasteiger partial charge in [-0.1, -0.05) is 52.3 Å². The molecule has 2 heterocycles. The Labute approximate surface area is 178 Å². The standard InChI is InChI=1S/C23H24BrN3O2/c24-19-10-9-18-15-21(25-20(18)16-19)23(29)27-13-11-26(12-14-27)22(28)8-4-7-17-5-2-1-3-6-17/h1-3,5-6,9-10,15-16,25H,4,7-8,11-14H2. The second-order valence-electron chi connectivity index (χ2n) is 7.43. The molecular formula is C23H24BrN3O2. The van der Waals surface area contributed by atoms with Crippen molar-refractivity contribution in [3.05, 3.63) is 70.3 Å². The van der Waals surface area contributed by atoms with E-state index in [1.54, 1.807) is 0 Å². The van der Waals surface area contributed by atoms with Crippen LogP contribution in [0.15, 0.2) is 59.1 Å². The molecule has 0 bridgehead atoms. The Hall–Kier alpha value is -2.60. The second-order valence-corrected chi connectivity index (χ2v) is 8.34. The molecule has 0 spiro atoms. The van der Waals surface area contributed by atoms with Gasteiger partial charge in [-0.3, -0.25) is 9.59 Å². The Morgan fingerprint density at radius 3 is 2.41 bits per heavy atom. The zero-order valence-corrected chi connectivity index (χ0v) is 17.8. The molecule has 150 valence electrons. The lowest BCUT2D eigenvalue weighted by Gasteiger charge is -2.34. The summed E-state index contributed by atoms with van der Waals surface area (Å²) in [5.41, 5.74) is 2.80. The number of aromatic nitrogens is 1. The number of nitrogens with zero attached hydrogens (tertiary/aromatic N) is 2. The van der Waals surface area contributed by atoms with E-state index < -0.39 is 0 Å². The van der Waals surface area contributed by atoms with Crippen LogP contribution in [0.25, 0.3) is 10.9 Å². The van der Waals surface area contributed by atoms with E-state index in [4.69, 9.17) is 0 Å². The van der Waals surface area contributed by atoms with Crippen molar-refractivity contribution in [3.63, 3.8) is 0 Å². The Morgan fingerprint density at radius 1 is 0.931 bits per heavy atom. The lowest BCUT2D eigenvalue weighted by molar-refractivity contribution is -0.132. The van der Waals surface area contributed by atoms with Gasteiger partial charge in [-0.05, 0) is 36.6 Å². The summed E-state index contributed by atoms with van der Waals surface area (Å²) in [7, 11) is 0. The first-order valence-electron chi connectivity index (χ1n) is 9.99. The van der Waals surface area contributed by atoms with Gasteiger partial charge in [-0.15, -0.1) is 0 Å². The minimum atomic E-state index is -0.00602. The highest BCUT2D eigenvalue weighted by molar-refractivity contribution is 9.10. The Balaban J connectivity index is 1.28. The zero-order valence-electron chi connectivity index (χ0n) is 16.2. The van der Waals surface area contributed by atoms with Crippen LogP contribution in [0.1, 0.15) is 28.9 Å². The summed E-state index contributed by atoms with van der Waals surface area (Å²) >= 11 is 3.45. The van der Waals surface area contributed by atoms with Gasteiger partial charge in [0.2, 0.25) is 5.91 Å². The predicted molar refractivity (Wildman–Crippen MR) is 118 cm³/mol. The van der Waals surface area contributed by atoms with Crippen molar-refractivity contribution in [2.75, 3.05) is 26.2 Å². The third-order valence-corrected chi connectivity index (χ3v) is 5.93. The minimum Gasteiger partial charge on any atom is -0.350 e. The average molecular weight is 454 g/mol. The van der Waals surface area contributed by atoms with E-state index in [2.05, 4.69) is 33.0 Å². The number of rotatable bonds is 5. The minimum absolute atomic E-state index is 0.00602. The fourth-order valence-electron chi connectivity index (χ4n) is 3.79. The van der Waals surface area contributed by atoms with Crippen molar-refractivity contribution >= 4 is 38.6 Å². The van der Waals surface area contributed by atoms with E-state index in [9.17, 15) is 9.59 Å². The molecule has 0 aliphatic carbocycles. The van der Waals surface area contributed by atoms with Gasteiger partial charge >= 0.3 is 0 Å². The van der Waals surface area contributed by atoms with E-state index >= 15 is 0 Å². The van der Waals surface area contributed by atoms with Gasteiger partial charge in [0.05, 0.1) is 0 Å². The maximum atomic E-state index is 12.8. The fraction of sp³-hybridized carbons (Fsp3) is 0.304. The predicted octanol–water partition coefficient (Wildman–Crippen LogP) is 4.24. The van der Waals surface area contributed by atoms with Gasteiger partial charge in [-0.25, -0.2) is 0 Å². The van der Waals surface area contributed by atoms with Gasteiger partial charge in [0.15, 0.2) is 0 Å². The van der Waals surface area contributed by atoms with Crippen molar-refractivity contribution in [3.8, 4) is 0 Å². The molecular weight excluding hydrogens is 430 g/mol. The van der Waals surface area contributed by atoms with Crippen molar-refractivity contribution in [2.45, 2.75) is 19.3 Å². The van der Waals surface area contributed by atoms with Crippen LogP contribution in [0.2, 0.25) is 0 Å². The Bertz CT molecular complexity index is 1010. The maximum Gasteiger partial charge on any atom is 0.270 e. The van der Waals surface area contributed by atoms with Gasteiger partial charge in [0, 0.05) is 48.0 Å². The molecule has 0 unspecified atom stereocenters. The van der Waals surface area contributed by atoms with Gasteiger partial charge in [0.1, 0.15) is 5.69 Å². The first-order chi connectivity index (χ1) is 14.1. The third-order valence-electron chi connectivity index (χ3n) is 5.43. The molecule has 0 radical (unpaired) electrons. The van der Waals surface area contributed by atoms with E-state index in [1.165, 1.54) is 5.56 Å². The molecule has 2 amide bonds. The largest absolute Gasteiger partial charge is 0.350 e. The molecule has 1 aromatic heterocycles. The molecule has 1 N–H and O–H groups in total. The summed E-state index contributed by atoms with van der Waals surface area (Å²) in [4.78, 5) is 32.3. The summed E-state index contributed by atoms with van der Waals surface area (Å²) in [6.07, 6.45) is 2.33. The van der Waals surface area contributed by atoms with Crippen LogP contribution in [0.5, 0.6) is 0 Å². The highest BCUT2D eigenvalue weighted by Crippen LogP contribution is 2.21. The molecule has 1 fully saturated rings. The summed E-state index contributed by atoms with van der Waals surface area (Å²) < 4.78 is 0.977. The quantitative estimate of drug-likeness (QED) is 0.627. The maximum absolute atomic E-state index is 12.8. The number of benzene rings is 2. The number of halogens is 1. The van der Waals surface area contributed by atoms with Crippen molar-refractivity contribution < 1.29 is 9.59 Å². The van der Waals surface area contributed by atoms with E-state index in [0.717, 1.165) is 28.2 Å². The summed E-state index contributed by atoms with van der Waals surface area (Å²) in [5, 5.41) is 1.02. The first kappa shape index (κ1) is 19.7. The van der Waals surface area contributed by atoms with Crippen molar-refractivity contribution in [2.24, 2.45) is 0 Å². The first-order valence-corrected chi connectivity index (χ1v) is 10.8. The molecule has 1 aliphatic rings. The van der Waals surface area contributed by atoms with Crippen LogP contribution in [0, 0.1) is 0 Å². The molecule has 5 nitrogen and oxygen atoms in total. The number of aromatic amines is 1. The third kappa shape index (κ3) is 4.70. The molecule has 6 heteroatoms. The van der Waals surface area contributed by atoms with Crippen LogP contribution >= 0.6 is 15.9 Å². The van der Waals surface area contributed by atoms with Crippen LogP contribution in [-0.2, 0) is 11.2 Å². The van der Waals surface area contributed by atoms with E-state index in [0.29, 0.717) is 38.3 Å². The van der Waals surface area contributed by atoms with Crippen LogP contribution in [0.4, 0.5) is 0 Å². The summed E-state index contributed by atoms with van der Waals surface area (Å²) in [6.45, 7) is 2.34. The van der Waals surface area contributed by atoms with E-state index in [-0.39, 0.29) is 11.8 Å². The zero-order chi connectivity index (χ0) is 20.2. The second kappa shape index (κ2) is 8.82. The van der Waals surface area contributed by atoms with Gasteiger partial charge < -0.3 is 14.8 Å². The van der Waals surface area contributed by atoms with Gasteiger partial charge in [0.25, 0.3) is 5.91 Å². The molecule has 29 heavy (non-hydrogen) atoms. The van der Waals surface area contributed by atoms with Crippen molar-refractivity contribution in [1.29, 1.82) is 0 Å². The monoisotopic (exact) mass is 453 g/mol. The van der Waals surface area contributed by atoms with Crippen LogP contribution in [-0.4, -0.2) is 52.8 Å². The molecule has 0 saturated carbocycles. The molecule has 0 atom stereocenters. The summed E-state index contributed by atoms with van der Waals surface area (Å²) in [5.74, 6) is 0.178. The smallest absolute Gasteiger partial charge is 0.270 e. The van der Waals surface area contributed by atoms with Crippen LogP contribution < -0.4 is 0 Å². The molecule has 4 rings (SSSR count). The average Bonchev–Trinajstić information content (AvgIpc) is 3.17. The number of amides is 2. The number of piperazine rings is 1. The molecule has 2 aromatic carbocycles. The molecule has 1 aliphatic heterocycles.